The topological polar surface area (TPSA) is 27.0 Å². The Hall–Kier alpha value is -0.850. The van der Waals surface area contributed by atoms with E-state index in [-0.39, 0.29) is 6.04 Å². The van der Waals surface area contributed by atoms with Gasteiger partial charge in [0.1, 0.15) is 0 Å². The van der Waals surface area contributed by atoms with Gasteiger partial charge in [-0.25, -0.2) is 0 Å². The van der Waals surface area contributed by atoms with Crippen molar-refractivity contribution in [2.45, 2.75) is 38.4 Å². The Morgan fingerprint density at radius 2 is 2.50 bits per heavy atom. The lowest BCUT2D eigenvalue weighted by atomic mass is 10.3. The first kappa shape index (κ1) is 9.70. The van der Waals surface area contributed by atoms with Crippen molar-refractivity contribution >= 4 is 11.3 Å². The molecule has 0 amide bonds. The number of hydrogen-bond acceptors (Lipinski definition) is 3. The smallest absolute Gasteiger partial charge is 0.0954 e. The molecule has 1 saturated carbocycles. The fourth-order valence-electron chi connectivity index (χ4n) is 1.65. The van der Waals surface area contributed by atoms with Crippen LogP contribution in [0.4, 0.5) is 0 Å². The second-order valence-corrected chi connectivity index (χ2v) is 4.82. The van der Waals surface area contributed by atoms with Crippen LogP contribution in [0.15, 0.2) is 17.5 Å². The molecule has 0 aliphatic heterocycles. The van der Waals surface area contributed by atoms with Crippen LogP contribution in [-0.4, -0.2) is 17.0 Å². The molecule has 1 aromatic rings. The Labute approximate surface area is 88.8 Å². The minimum atomic E-state index is 0.0459. The Bertz CT molecular complexity index is 322. The van der Waals surface area contributed by atoms with Gasteiger partial charge in [0, 0.05) is 17.5 Å². The summed E-state index contributed by atoms with van der Waals surface area (Å²) in [6.45, 7) is 2.93. The number of nitriles is 1. The predicted molar refractivity (Wildman–Crippen MR) is 58.0 cm³/mol. The molecule has 1 aromatic heterocycles. The van der Waals surface area contributed by atoms with Crippen LogP contribution < -0.4 is 0 Å². The largest absolute Gasteiger partial charge is 0.280 e. The van der Waals surface area contributed by atoms with Gasteiger partial charge in [0.15, 0.2) is 0 Å². The van der Waals surface area contributed by atoms with Crippen molar-refractivity contribution in [1.82, 2.24) is 4.90 Å². The van der Waals surface area contributed by atoms with Crippen molar-refractivity contribution in [1.29, 1.82) is 5.26 Å². The van der Waals surface area contributed by atoms with Crippen LogP contribution in [0, 0.1) is 11.3 Å². The second kappa shape index (κ2) is 4.12. The van der Waals surface area contributed by atoms with Gasteiger partial charge < -0.3 is 0 Å². The summed E-state index contributed by atoms with van der Waals surface area (Å²) in [7, 11) is 0. The van der Waals surface area contributed by atoms with Crippen LogP contribution >= 0.6 is 11.3 Å². The molecule has 1 aliphatic rings. The van der Waals surface area contributed by atoms with Crippen molar-refractivity contribution < 1.29 is 0 Å². The van der Waals surface area contributed by atoms with Gasteiger partial charge in [-0.3, -0.25) is 4.90 Å². The molecular weight excluding hydrogens is 192 g/mol. The predicted octanol–water partition coefficient (Wildman–Crippen LogP) is 2.62. The van der Waals surface area contributed by atoms with E-state index in [9.17, 15) is 0 Å². The van der Waals surface area contributed by atoms with Crippen LogP contribution in [0.25, 0.3) is 0 Å². The zero-order chi connectivity index (χ0) is 9.97. The van der Waals surface area contributed by atoms with Gasteiger partial charge in [-0.15, -0.1) is 11.3 Å². The van der Waals surface area contributed by atoms with E-state index in [0.29, 0.717) is 6.04 Å². The lowest BCUT2D eigenvalue weighted by Gasteiger charge is -2.23. The zero-order valence-electron chi connectivity index (χ0n) is 8.31. The minimum absolute atomic E-state index is 0.0459. The van der Waals surface area contributed by atoms with E-state index in [1.807, 2.05) is 6.92 Å². The highest BCUT2D eigenvalue weighted by atomic mass is 32.1. The SMILES string of the molecule is CC(C#N)N(Cc1cccs1)C1CC1. The Morgan fingerprint density at radius 3 is 3.00 bits per heavy atom. The van der Waals surface area contributed by atoms with Gasteiger partial charge in [0.05, 0.1) is 12.1 Å². The maximum absolute atomic E-state index is 8.92. The van der Waals surface area contributed by atoms with Crippen molar-refractivity contribution in [3.05, 3.63) is 22.4 Å². The highest BCUT2D eigenvalue weighted by molar-refractivity contribution is 7.09. The molecule has 1 fully saturated rings. The molecule has 2 nitrogen and oxygen atoms in total. The van der Waals surface area contributed by atoms with E-state index in [4.69, 9.17) is 5.26 Å². The minimum Gasteiger partial charge on any atom is -0.280 e. The van der Waals surface area contributed by atoms with Crippen molar-refractivity contribution in [2.75, 3.05) is 0 Å². The molecule has 0 radical (unpaired) electrons. The summed E-state index contributed by atoms with van der Waals surface area (Å²) in [4.78, 5) is 3.67. The number of nitrogens with zero attached hydrogens (tertiary/aromatic N) is 2. The maximum Gasteiger partial charge on any atom is 0.0954 e. The third kappa shape index (κ3) is 2.14. The molecule has 0 aromatic carbocycles. The molecule has 74 valence electrons. The van der Waals surface area contributed by atoms with Crippen LogP contribution in [0.1, 0.15) is 24.6 Å². The summed E-state index contributed by atoms with van der Waals surface area (Å²) >= 11 is 1.77. The average Bonchev–Trinajstić information content (AvgIpc) is 2.92. The van der Waals surface area contributed by atoms with E-state index in [0.717, 1.165) is 6.54 Å². The normalized spacial score (nSPS) is 18.1. The van der Waals surface area contributed by atoms with Gasteiger partial charge in [-0.2, -0.15) is 5.26 Å². The quantitative estimate of drug-likeness (QED) is 0.757. The molecule has 0 spiro atoms. The second-order valence-electron chi connectivity index (χ2n) is 3.79. The Kier molecular flexibility index (Phi) is 2.85. The fraction of sp³-hybridized carbons (Fsp3) is 0.545. The molecular formula is C11H14N2S. The lowest BCUT2D eigenvalue weighted by Crippen LogP contribution is -2.33. The lowest BCUT2D eigenvalue weighted by molar-refractivity contribution is 0.228. The number of thiophene rings is 1. The molecule has 1 atom stereocenters. The van der Waals surface area contributed by atoms with E-state index in [2.05, 4.69) is 28.5 Å². The molecule has 14 heavy (non-hydrogen) atoms. The van der Waals surface area contributed by atoms with Gasteiger partial charge in [-0.05, 0) is 31.2 Å². The van der Waals surface area contributed by atoms with E-state index >= 15 is 0 Å². The van der Waals surface area contributed by atoms with Crippen molar-refractivity contribution in [2.24, 2.45) is 0 Å². The molecule has 2 rings (SSSR count). The van der Waals surface area contributed by atoms with Gasteiger partial charge >= 0.3 is 0 Å². The molecule has 0 N–H and O–H groups in total. The van der Waals surface area contributed by atoms with Gasteiger partial charge in [0.25, 0.3) is 0 Å². The van der Waals surface area contributed by atoms with E-state index < -0.39 is 0 Å². The van der Waals surface area contributed by atoms with Crippen LogP contribution in [0.3, 0.4) is 0 Å². The zero-order valence-corrected chi connectivity index (χ0v) is 9.13. The molecule has 0 saturated heterocycles. The first-order valence-corrected chi connectivity index (χ1v) is 5.87. The Morgan fingerprint density at radius 1 is 1.71 bits per heavy atom. The maximum atomic E-state index is 8.92. The summed E-state index contributed by atoms with van der Waals surface area (Å²) in [6, 6.07) is 7.25. The Balaban J connectivity index is 2.01. The highest BCUT2D eigenvalue weighted by Gasteiger charge is 2.32. The van der Waals surface area contributed by atoms with Gasteiger partial charge in [0.2, 0.25) is 0 Å². The number of rotatable bonds is 4. The standard InChI is InChI=1S/C11H14N2S/c1-9(7-12)13(10-4-5-10)8-11-3-2-6-14-11/h2-3,6,9-10H,4-5,8H2,1H3. The summed E-state index contributed by atoms with van der Waals surface area (Å²) in [6.07, 6.45) is 2.52. The van der Waals surface area contributed by atoms with E-state index in [1.54, 1.807) is 11.3 Å². The molecule has 0 bridgehead atoms. The van der Waals surface area contributed by atoms with E-state index in [1.165, 1.54) is 17.7 Å². The summed E-state index contributed by atoms with van der Waals surface area (Å²) in [5.74, 6) is 0. The average molecular weight is 206 g/mol. The number of hydrogen-bond donors (Lipinski definition) is 0. The molecule has 1 aliphatic carbocycles. The van der Waals surface area contributed by atoms with Crippen LogP contribution in [-0.2, 0) is 6.54 Å². The molecule has 1 unspecified atom stereocenters. The van der Waals surface area contributed by atoms with Crippen molar-refractivity contribution in [3.63, 3.8) is 0 Å². The van der Waals surface area contributed by atoms with Crippen LogP contribution in [0.2, 0.25) is 0 Å². The van der Waals surface area contributed by atoms with Crippen LogP contribution in [0.5, 0.6) is 0 Å². The monoisotopic (exact) mass is 206 g/mol. The summed E-state index contributed by atoms with van der Waals surface area (Å²) in [5, 5.41) is 11.0. The third-order valence-electron chi connectivity index (χ3n) is 2.62. The first-order chi connectivity index (χ1) is 6.81. The molecule has 1 heterocycles. The summed E-state index contributed by atoms with van der Waals surface area (Å²) in [5.41, 5.74) is 0. The summed E-state index contributed by atoms with van der Waals surface area (Å²) < 4.78 is 0. The fourth-order valence-corrected chi connectivity index (χ4v) is 2.36. The molecule has 3 heteroatoms. The first-order valence-electron chi connectivity index (χ1n) is 4.99. The van der Waals surface area contributed by atoms with Crippen molar-refractivity contribution in [3.8, 4) is 6.07 Å². The van der Waals surface area contributed by atoms with Gasteiger partial charge in [-0.1, -0.05) is 6.07 Å². The highest BCUT2D eigenvalue weighted by Crippen LogP contribution is 2.30. The third-order valence-corrected chi connectivity index (χ3v) is 3.48.